The zero-order chi connectivity index (χ0) is 20.1. The van der Waals surface area contributed by atoms with Gasteiger partial charge in [-0.1, -0.05) is 35.9 Å². The van der Waals surface area contributed by atoms with Crippen molar-refractivity contribution in [2.75, 3.05) is 6.61 Å². The lowest BCUT2D eigenvalue weighted by Gasteiger charge is -2.33. The van der Waals surface area contributed by atoms with Crippen molar-refractivity contribution >= 4 is 23.4 Å². The van der Waals surface area contributed by atoms with Crippen LogP contribution in [0.4, 0.5) is 0 Å². The molecule has 0 N–H and O–H groups in total. The first-order valence-corrected chi connectivity index (χ1v) is 9.94. The van der Waals surface area contributed by atoms with Crippen LogP contribution in [0.1, 0.15) is 42.4 Å². The summed E-state index contributed by atoms with van der Waals surface area (Å²) in [6, 6.07) is 11.6. The summed E-state index contributed by atoms with van der Waals surface area (Å²) in [5.74, 6) is -1.43. The van der Waals surface area contributed by atoms with E-state index in [4.69, 9.17) is 21.1 Å². The normalized spacial score (nSPS) is 27.3. The summed E-state index contributed by atoms with van der Waals surface area (Å²) in [5.41, 5.74) is 3.72. The molecule has 2 saturated heterocycles. The minimum absolute atomic E-state index is 0.0978. The Kier molecular flexibility index (Phi) is 4.80. The van der Waals surface area contributed by atoms with Crippen LogP contribution in [0.5, 0.6) is 0 Å². The average molecular weight is 399 g/mol. The molecule has 2 heterocycles. The van der Waals surface area contributed by atoms with Crippen LogP contribution in [0, 0.1) is 13.8 Å². The molecule has 0 amide bonds. The van der Waals surface area contributed by atoms with E-state index in [0.717, 1.165) is 27.8 Å². The fraction of sp³-hybridized carbons (Fsp3) is 0.391. The highest BCUT2D eigenvalue weighted by Crippen LogP contribution is 2.43. The number of ether oxygens (including phenoxy) is 2. The van der Waals surface area contributed by atoms with E-state index in [-0.39, 0.29) is 11.9 Å². The number of esters is 1. The highest BCUT2D eigenvalue weighted by Gasteiger charge is 2.57. The van der Waals surface area contributed by atoms with Gasteiger partial charge in [0.25, 0.3) is 0 Å². The second kappa shape index (κ2) is 7.02. The van der Waals surface area contributed by atoms with Gasteiger partial charge in [0.2, 0.25) is 0 Å². The van der Waals surface area contributed by atoms with E-state index in [2.05, 4.69) is 0 Å². The van der Waals surface area contributed by atoms with Gasteiger partial charge in [-0.3, -0.25) is 9.59 Å². The van der Waals surface area contributed by atoms with Crippen molar-refractivity contribution in [3.8, 4) is 11.1 Å². The number of rotatable bonds is 2. The molecule has 4 nitrogen and oxygen atoms in total. The molecule has 1 spiro atoms. The average Bonchev–Trinajstić information content (AvgIpc) is 2.87. The van der Waals surface area contributed by atoms with E-state index in [1.165, 1.54) is 0 Å². The summed E-state index contributed by atoms with van der Waals surface area (Å²) in [7, 11) is 0. The van der Waals surface area contributed by atoms with Gasteiger partial charge in [-0.05, 0) is 60.7 Å². The summed E-state index contributed by atoms with van der Waals surface area (Å²) in [4.78, 5) is 26.0. The van der Waals surface area contributed by atoms with Crippen LogP contribution in [-0.2, 0) is 19.1 Å². The van der Waals surface area contributed by atoms with Crippen molar-refractivity contribution in [1.29, 1.82) is 0 Å². The Balaban J connectivity index is 1.71. The standard InChI is InChI=1S/C23H23ClO4/c1-13-11-19(14(2)10-18(13)16-4-6-17(24)7-5-16)20-21(25)23(28-22(20)26)8-9-27-15(3)12-23/h4-7,10-11,15,20H,8-9,12H2,1-3H3. The van der Waals surface area contributed by atoms with E-state index in [1.807, 2.05) is 57.2 Å². The van der Waals surface area contributed by atoms with E-state index < -0.39 is 17.5 Å². The SMILES string of the molecule is Cc1cc(C2C(=O)OC3(CCOC(C)C3)C2=O)c(C)cc1-c1ccc(Cl)cc1. The second-order valence-electron chi connectivity index (χ2n) is 7.88. The minimum Gasteiger partial charge on any atom is -0.450 e. The molecule has 0 saturated carbocycles. The predicted molar refractivity (Wildman–Crippen MR) is 108 cm³/mol. The number of aryl methyl sites for hydroxylation is 2. The van der Waals surface area contributed by atoms with E-state index in [9.17, 15) is 9.59 Å². The van der Waals surface area contributed by atoms with E-state index in [0.29, 0.717) is 24.5 Å². The molecule has 2 aromatic rings. The summed E-state index contributed by atoms with van der Waals surface area (Å²) < 4.78 is 11.2. The zero-order valence-corrected chi connectivity index (χ0v) is 17.0. The first kappa shape index (κ1) is 19.2. The highest BCUT2D eigenvalue weighted by atomic mass is 35.5. The van der Waals surface area contributed by atoms with Gasteiger partial charge in [-0.25, -0.2) is 0 Å². The maximum absolute atomic E-state index is 13.3. The molecule has 28 heavy (non-hydrogen) atoms. The van der Waals surface area contributed by atoms with Crippen LogP contribution in [-0.4, -0.2) is 30.1 Å². The molecule has 3 atom stereocenters. The number of hydrogen-bond acceptors (Lipinski definition) is 4. The molecule has 0 aromatic heterocycles. The first-order chi connectivity index (χ1) is 13.3. The molecule has 0 bridgehead atoms. The van der Waals surface area contributed by atoms with Gasteiger partial charge in [0.1, 0.15) is 5.92 Å². The van der Waals surface area contributed by atoms with Crippen LogP contribution in [0.25, 0.3) is 11.1 Å². The third-order valence-electron chi connectivity index (χ3n) is 5.85. The Morgan fingerprint density at radius 1 is 1.07 bits per heavy atom. The number of hydrogen-bond donors (Lipinski definition) is 0. The first-order valence-electron chi connectivity index (χ1n) is 9.56. The molecule has 4 rings (SSSR count). The fourth-order valence-corrected chi connectivity index (χ4v) is 4.52. The van der Waals surface area contributed by atoms with Crippen molar-refractivity contribution in [3.05, 3.63) is 58.1 Å². The molecule has 2 aliphatic heterocycles. The molecular formula is C23H23ClO4. The Hall–Kier alpha value is -2.17. The fourth-order valence-electron chi connectivity index (χ4n) is 4.40. The zero-order valence-electron chi connectivity index (χ0n) is 16.3. The molecule has 146 valence electrons. The number of Topliss-reactive ketones (excluding diaryl/α,β-unsaturated/α-hetero) is 1. The summed E-state index contributed by atoms with van der Waals surface area (Å²) in [6.45, 7) is 6.27. The third-order valence-corrected chi connectivity index (χ3v) is 6.10. The van der Waals surface area contributed by atoms with Crippen molar-refractivity contribution in [3.63, 3.8) is 0 Å². The Bertz CT molecular complexity index is 950. The van der Waals surface area contributed by atoms with Crippen LogP contribution in [0.3, 0.4) is 0 Å². The molecule has 0 radical (unpaired) electrons. The van der Waals surface area contributed by atoms with Gasteiger partial charge >= 0.3 is 5.97 Å². The maximum atomic E-state index is 13.3. The highest BCUT2D eigenvalue weighted by molar-refractivity contribution is 6.30. The van der Waals surface area contributed by atoms with Gasteiger partial charge < -0.3 is 9.47 Å². The summed E-state index contributed by atoms with van der Waals surface area (Å²) in [5, 5.41) is 0.685. The predicted octanol–water partition coefficient (Wildman–Crippen LogP) is 4.77. The third kappa shape index (κ3) is 3.15. The van der Waals surface area contributed by atoms with Crippen LogP contribution in [0.2, 0.25) is 5.02 Å². The Morgan fingerprint density at radius 2 is 1.79 bits per heavy atom. The minimum atomic E-state index is -1.03. The van der Waals surface area contributed by atoms with Crippen molar-refractivity contribution in [1.82, 2.24) is 0 Å². The molecule has 5 heteroatoms. The number of carbonyl (C=O) groups excluding carboxylic acids is 2. The second-order valence-corrected chi connectivity index (χ2v) is 8.32. The molecule has 2 fully saturated rings. The summed E-state index contributed by atoms with van der Waals surface area (Å²) >= 11 is 6.00. The molecular weight excluding hydrogens is 376 g/mol. The van der Waals surface area contributed by atoms with Crippen LogP contribution >= 0.6 is 11.6 Å². The van der Waals surface area contributed by atoms with Gasteiger partial charge in [0.15, 0.2) is 11.4 Å². The lowest BCUT2D eigenvalue weighted by atomic mass is 9.79. The molecule has 2 aliphatic rings. The van der Waals surface area contributed by atoms with Gasteiger partial charge in [-0.15, -0.1) is 0 Å². The largest absolute Gasteiger partial charge is 0.450 e. The van der Waals surface area contributed by atoms with Gasteiger partial charge in [0, 0.05) is 17.9 Å². The van der Waals surface area contributed by atoms with Crippen molar-refractivity contribution in [2.45, 2.75) is 51.2 Å². The number of benzene rings is 2. The van der Waals surface area contributed by atoms with Crippen molar-refractivity contribution < 1.29 is 19.1 Å². The summed E-state index contributed by atoms with van der Waals surface area (Å²) in [6.07, 6.45) is 0.758. The number of halogens is 1. The Labute approximate surface area is 169 Å². The smallest absolute Gasteiger partial charge is 0.322 e. The topological polar surface area (TPSA) is 52.6 Å². The quantitative estimate of drug-likeness (QED) is 0.540. The van der Waals surface area contributed by atoms with E-state index >= 15 is 0 Å². The molecule has 3 unspecified atom stereocenters. The lowest BCUT2D eigenvalue weighted by molar-refractivity contribution is -0.165. The number of carbonyl (C=O) groups is 2. The molecule has 0 aliphatic carbocycles. The van der Waals surface area contributed by atoms with Crippen LogP contribution < -0.4 is 0 Å². The monoisotopic (exact) mass is 398 g/mol. The molecule has 2 aromatic carbocycles. The van der Waals surface area contributed by atoms with Gasteiger partial charge in [0.05, 0.1) is 12.7 Å². The Morgan fingerprint density at radius 3 is 2.46 bits per heavy atom. The maximum Gasteiger partial charge on any atom is 0.322 e. The van der Waals surface area contributed by atoms with Gasteiger partial charge in [-0.2, -0.15) is 0 Å². The number of ketones is 1. The lowest BCUT2D eigenvalue weighted by Crippen LogP contribution is -2.45. The van der Waals surface area contributed by atoms with E-state index in [1.54, 1.807) is 0 Å². The van der Waals surface area contributed by atoms with Crippen molar-refractivity contribution in [2.24, 2.45) is 0 Å². The van der Waals surface area contributed by atoms with Crippen LogP contribution in [0.15, 0.2) is 36.4 Å².